The fourth-order valence-electron chi connectivity index (χ4n) is 4.45. The minimum atomic E-state index is -0.694. The van der Waals surface area contributed by atoms with Crippen LogP contribution in [0.2, 0.25) is 0 Å². The Morgan fingerprint density at radius 1 is 0.286 bits per heavy atom. The predicted octanol–water partition coefficient (Wildman–Crippen LogP) is 3.06. The molecule has 0 aliphatic heterocycles. The van der Waals surface area contributed by atoms with Crippen LogP contribution in [0.3, 0.4) is 0 Å². The number of rotatable bonds is 51. The summed E-state index contributed by atoms with van der Waals surface area (Å²) in [5, 5.41) is 0. The largest absolute Gasteiger partial charge is 0.377 e. The van der Waals surface area contributed by atoms with Crippen molar-refractivity contribution in [1.29, 1.82) is 0 Å². The molecule has 0 fully saturated rings. The molecule has 0 saturated carbocycles. The van der Waals surface area contributed by atoms with Crippen LogP contribution in [0.5, 0.6) is 0 Å². The van der Waals surface area contributed by atoms with E-state index >= 15 is 0 Å². The van der Waals surface area contributed by atoms with Crippen LogP contribution in [-0.4, -0.2) is 205 Å². The van der Waals surface area contributed by atoms with Gasteiger partial charge in [-0.15, -0.1) is 0 Å². The van der Waals surface area contributed by atoms with E-state index in [0.717, 1.165) is 19.3 Å². The first kappa shape index (κ1) is 55.3. The Kier molecular flexibility index (Phi) is 48.0. The van der Waals surface area contributed by atoms with E-state index in [9.17, 15) is 0 Å². The second kappa shape index (κ2) is 48.6. The molecule has 0 heterocycles. The summed E-state index contributed by atoms with van der Waals surface area (Å²) in [5.74, 6) is -0.694. The van der Waals surface area contributed by atoms with E-state index in [1.807, 2.05) is 6.92 Å². The Balaban J connectivity index is 3.63. The quantitative estimate of drug-likeness (QED) is 0.0380. The van der Waals surface area contributed by atoms with Crippen LogP contribution >= 0.6 is 0 Å². The fraction of sp³-hybridized carbons (Fsp3) is 1.00. The van der Waals surface area contributed by atoms with E-state index in [4.69, 9.17) is 76.1 Å². The van der Waals surface area contributed by atoms with E-state index in [0.29, 0.717) is 185 Å². The second-order valence-corrected chi connectivity index (χ2v) is 12.0. The molecule has 0 rings (SSSR count). The van der Waals surface area contributed by atoms with Crippen molar-refractivity contribution in [2.45, 2.75) is 51.7 Å². The fourth-order valence-corrected chi connectivity index (χ4v) is 4.45. The zero-order valence-electron chi connectivity index (χ0n) is 35.2. The van der Waals surface area contributed by atoms with E-state index in [-0.39, 0.29) is 0 Å². The van der Waals surface area contributed by atoms with Crippen LogP contribution in [0, 0.1) is 0 Å². The zero-order chi connectivity index (χ0) is 40.6. The van der Waals surface area contributed by atoms with Crippen molar-refractivity contribution in [2.24, 2.45) is 0 Å². The minimum Gasteiger partial charge on any atom is -0.377 e. The average Bonchev–Trinajstić information content (AvgIpc) is 3.20. The van der Waals surface area contributed by atoms with E-state index in [1.165, 1.54) is 27.1 Å². The molecule has 56 heavy (non-hydrogen) atoms. The number of ether oxygens (including phenoxy) is 14. The van der Waals surface area contributed by atoms with Gasteiger partial charge in [-0.3, -0.25) is 0 Å². The highest BCUT2D eigenvalue weighted by Crippen LogP contribution is 2.21. The van der Waals surface area contributed by atoms with Gasteiger partial charge >= 0.3 is 0 Å². The molecule has 0 aromatic carbocycles. The van der Waals surface area contributed by atoms with Crippen molar-refractivity contribution in [3.8, 4) is 0 Å². The van der Waals surface area contributed by atoms with Gasteiger partial charge in [0.1, 0.15) is 13.2 Å². The van der Waals surface area contributed by atoms with E-state index < -0.39 is 5.79 Å². The van der Waals surface area contributed by atoms with E-state index in [2.05, 4.69) is 16.7 Å². The molecule has 0 bridgehead atoms. The van der Waals surface area contributed by atoms with Gasteiger partial charge in [-0.05, 0) is 13.3 Å². The van der Waals surface area contributed by atoms with Crippen molar-refractivity contribution < 1.29 is 85.9 Å². The van der Waals surface area contributed by atoms with Gasteiger partial charge in [-0.25, -0.2) is 19.6 Å². The van der Waals surface area contributed by atoms with Crippen molar-refractivity contribution >= 4 is 0 Å². The summed E-state index contributed by atoms with van der Waals surface area (Å²) in [6.45, 7) is 17.6. The van der Waals surface area contributed by atoms with Gasteiger partial charge in [0.25, 0.3) is 0 Å². The lowest BCUT2D eigenvalue weighted by molar-refractivity contribution is -0.277. The van der Waals surface area contributed by atoms with Crippen LogP contribution in [0.15, 0.2) is 0 Å². The van der Waals surface area contributed by atoms with Crippen molar-refractivity contribution in [3.05, 3.63) is 0 Å². The molecule has 0 aliphatic rings. The van der Waals surface area contributed by atoms with Gasteiger partial charge in [-0.1, -0.05) is 26.2 Å². The molecular weight excluding hydrogens is 744 g/mol. The summed E-state index contributed by atoms with van der Waals surface area (Å²) >= 11 is 0. The van der Waals surface area contributed by atoms with Crippen LogP contribution < -0.4 is 0 Å². The molecule has 338 valence electrons. The summed E-state index contributed by atoms with van der Waals surface area (Å²) < 4.78 is 78.3. The topological polar surface area (TPSA) is 166 Å². The third-order valence-corrected chi connectivity index (χ3v) is 7.33. The Labute approximate surface area is 336 Å². The molecule has 0 atom stereocenters. The highest BCUT2D eigenvalue weighted by Gasteiger charge is 2.25. The molecule has 0 amide bonds. The van der Waals surface area contributed by atoms with Gasteiger partial charge in [-0.2, -0.15) is 0 Å². The summed E-state index contributed by atoms with van der Waals surface area (Å²) in [7, 11) is 2.92. The first-order chi connectivity index (χ1) is 27.7. The maximum absolute atomic E-state index is 6.14. The lowest BCUT2D eigenvalue weighted by atomic mass is 10.1. The van der Waals surface area contributed by atoms with Crippen LogP contribution in [-0.2, 0) is 85.9 Å². The minimum absolute atomic E-state index is 0.392. The van der Waals surface area contributed by atoms with Gasteiger partial charge in [0, 0.05) is 6.42 Å². The number of hydrogen-bond donors (Lipinski definition) is 0. The van der Waals surface area contributed by atoms with Gasteiger partial charge in [0.15, 0.2) is 5.79 Å². The first-order valence-corrected chi connectivity index (χ1v) is 20.2. The normalized spacial score (nSPS) is 12.0. The maximum Gasteiger partial charge on any atom is 0.165 e. The zero-order valence-corrected chi connectivity index (χ0v) is 35.2. The number of unbranched alkanes of at least 4 members (excludes halogenated alkanes) is 3. The summed E-state index contributed by atoms with van der Waals surface area (Å²) in [6, 6.07) is 0. The molecule has 0 unspecified atom stereocenters. The first-order valence-electron chi connectivity index (χ1n) is 20.2. The monoisotopic (exact) mass is 823 g/mol. The second-order valence-electron chi connectivity index (χ2n) is 12.0. The molecule has 0 radical (unpaired) electrons. The molecule has 18 nitrogen and oxygen atoms in total. The lowest BCUT2D eigenvalue weighted by Crippen LogP contribution is -2.35. The van der Waals surface area contributed by atoms with Crippen molar-refractivity contribution in [2.75, 3.05) is 199 Å². The molecule has 0 N–H and O–H groups in total. The Hall–Kier alpha value is -0.720. The van der Waals surface area contributed by atoms with Gasteiger partial charge in [0.05, 0.1) is 186 Å². The Morgan fingerprint density at radius 3 is 0.750 bits per heavy atom. The smallest absolute Gasteiger partial charge is 0.165 e. The third kappa shape index (κ3) is 46.0. The Bertz CT molecular complexity index is 666. The third-order valence-electron chi connectivity index (χ3n) is 7.33. The molecule has 0 aromatic rings. The molecule has 0 aromatic heterocycles. The highest BCUT2D eigenvalue weighted by atomic mass is 17.2. The summed E-state index contributed by atoms with van der Waals surface area (Å²) in [5.41, 5.74) is 0. The Morgan fingerprint density at radius 2 is 0.518 bits per heavy atom. The highest BCUT2D eigenvalue weighted by molar-refractivity contribution is 4.64. The molecule has 0 saturated heterocycles. The van der Waals surface area contributed by atoms with Gasteiger partial charge in [0.2, 0.25) is 0 Å². The van der Waals surface area contributed by atoms with Crippen LogP contribution in [0.4, 0.5) is 0 Å². The maximum atomic E-state index is 6.14. The summed E-state index contributed by atoms with van der Waals surface area (Å²) in [4.78, 5) is 18.4. The predicted molar refractivity (Wildman–Crippen MR) is 205 cm³/mol. The number of hydrogen-bond acceptors (Lipinski definition) is 18. The molecule has 0 aliphatic carbocycles. The van der Waals surface area contributed by atoms with Crippen molar-refractivity contribution in [1.82, 2.24) is 0 Å². The van der Waals surface area contributed by atoms with Crippen molar-refractivity contribution in [3.63, 3.8) is 0 Å². The van der Waals surface area contributed by atoms with Crippen LogP contribution in [0.25, 0.3) is 0 Å². The molecule has 0 spiro atoms. The van der Waals surface area contributed by atoms with Crippen LogP contribution in [0.1, 0.15) is 46.0 Å². The molecule has 18 heteroatoms. The van der Waals surface area contributed by atoms with E-state index in [1.54, 1.807) is 0 Å². The van der Waals surface area contributed by atoms with Gasteiger partial charge < -0.3 is 66.3 Å². The standard InChI is InChI=1S/C38H78O18/c1-5-6-7-8-9-38(2,53-34-30-49-26-22-45-18-14-41-10-12-43-16-20-47-24-28-51-32-36-55-39-3)54-35-31-50-27-23-46-19-15-42-11-13-44-17-21-48-25-29-52-33-37-56-40-4/h5-37H2,1-4H3. The molecular formula is C38H78O18. The average molecular weight is 823 g/mol. The summed E-state index contributed by atoms with van der Waals surface area (Å²) in [6.07, 6.45) is 5.35. The lowest BCUT2D eigenvalue weighted by Gasteiger charge is -2.30. The SMILES string of the molecule is CCCCCCC(C)(OCCOCCOCCOCCOCCOCCOCCOOC)OCCOCCOCCOCCOCCOCCOCCOOC.